The van der Waals surface area contributed by atoms with Crippen LogP contribution in [0.4, 0.5) is 0 Å². The Kier molecular flexibility index (Phi) is 5.15. The maximum atomic E-state index is 11.0. The lowest BCUT2D eigenvalue weighted by molar-refractivity contribution is 0.100. The summed E-state index contributed by atoms with van der Waals surface area (Å²) in [6, 6.07) is 9.89. The van der Waals surface area contributed by atoms with E-state index in [-0.39, 0.29) is 5.91 Å². The van der Waals surface area contributed by atoms with Gasteiger partial charge >= 0.3 is 0 Å². The first-order valence-electron chi connectivity index (χ1n) is 6.40. The predicted octanol–water partition coefficient (Wildman–Crippen LogP) is 2.19. The van der Waals surface area contributed by atoms with Crippen LogP contribution in [0.1, 0.15) is 20.8 Å². The lowest BCUT2D eigenvalue weighted by Crippen LogP contribution is -2.16. The van der Waals surface area contributed by atoms with Crippen molar-refractivity contribution in [2.45, 2.75) is 13.0 Å². The number of primary amides is 1. The summed E-state index contributed by atoms with van der Waals surface area (Å²) in [5, 5.41) is 5.15. The van der Waals surface area contributed by atoms with Gasteiger partial charge in [-0.15, -0.1) is 11.3 Å². The average molecular weight is 290 g/mol. The third-order valence-corrected chi connectivity index (χ3v) is 3.90. The number of benzene rings is 1. The molecule has 1 aromatic heterocycles. The fraction of sp³-hybridized carbons (Fsp3) is 0.267. The van der Waals surface area contributed by atoms with Gasteiger partial charge in [0.15, 0.2) is 0 Å². The normalized spacial score (nSPS) is 10.4. The van der Waals surface area contributed by atoms with E-state index in [0.717, 1.165) is 30.1 Å². The first-order valence-corrected chi connectivity index (χ1v) is 7.28. The number of rotatable bonds is 7. The smallest absolute Gasteiger partial charge is 0.249 e. The number of nitrogens with one attached hydrogen (secondary N) is 1. The molecule has 1 heterocycles. The van der Waals surface area contributed by atoms with E-state index < -0.39 is 0 Å². The number of ether oxygens (including phenoxy) is 1. The van der Waals surface area contributed by atoms with Crippen LogP contribution in [-0.4, -0.2) is 19.6 Å². The van der Waals surface area contributed by atoms with Crippen molar-refractivity contribution in [2.24, 2.45) is 5.73 Å². The summed E-state index contributed by atoms with van der Waals surface area (Å²) < 4.78 is 5.19. The highest BCUT2D eigenvalue weighted by Crippen LogP contribution is 2.14. The van der Waals surface area contributed by atoms with Gasteiger partial charge in [0, 0.05) is 16.8 Å². The molecule has 106 valence electrons. The summed E-state index contributed by atoms with van der Waals surface area (Å²) in [5.74, 6) is 0.510. The summed E-state index contributed by atoms with van der Waals surface area (Å²) in [4.78, 5) is 12.1. The van der Waals surface area contributed by atoms with Crippen molar-refractivity contribution in [3.05, 3.63) is 51.7 Å². The molecule has 2 rings (SSSR count). The first kappa shape index (κ1) is 14.6. The molecule has 0 aliphatic rings. The SMILES string of the molecule is COc1cccc(CCNCc2cc(C(N)=O)cs2)c1. The third-order valence-electron chi connectivity index (χ3n) is 2.96. The van der Waals surface area contributed by atoms with Gasteiger partial charge in [-0.1, -0.05) is 12.1 Å². The van der Waals surface area contributed by atoms with E-state index in [1.54, 1.807) is 23.8 Å². The molecule has 0 bridgehead atoms. The van der Waals surface area contributed by atoms with Gasteiger partial charge in [0.2, 0.25) is 5.91 Å². The Labute approximate surface area is 122 Å². The first-order chi connectivity index (χ1) is 9.69. The summed E-state index contributed by atoms with van der Waals surface area (Å²) in [5.41, 5.74) is 7.04. The topological polar surface area (TPSA) is 64.3 Å². The molecule has 20 heavy (non-hydrogen) atoms. The van der Waals surface area contributed by atoms with Gasteiger partial charge in [-0.05, 0) is 36.7 Å². The van der Waals surface area contributed by atoms with E-state index in [1.807, 2.05) is 24.3 Å². The molecule has 2 aromatic rings. The summed E-state index contributed by atoms with van der Waals surface area (Å²) in [6.07, 6.45) is 0.936. The second-order valence-corrected chi connectivity index (χ2v) is 5.44. The van der Waals surface area contributed by atoms with Gasteiger partial charge in [0.25, 0.3) is 0 Å². The molecule has 0 radical (unpaired) electrons. The number of carbonyl (C=O) groups is 1. The van der Waals surface area contributed by atoms with Crippen molar-refractivity contribution in [1.82, 2.24) is 5.32 Å². The van der Waals surface area contributed by atoms with E-state index in [0.29, 0.717) is 5.56 Å². The van der Waals surface area contributed by atoms with Gasteiger partial charge in [-0.3, -0.25) is 4.79 Å². The molecule has 0 spiro atoms. The summed E-state index contributed by atoms with van der Waals surface area (Å²) in [6.45, 7) is 1.62. The van der Waals surface area contributed by atoms with E-state index in [9.17, 15) is 4.79 Å². The number of amides is 1. The second-order valence-electron chi connectivity index (χ2n) is 4.44. The van der Waals surface area contributed by atoms with Crippen molar-refractivity contribution in [1.29, 1.82) is 0 Å². The number of methoxy groups -OCH3 is 1. The third kappa shape index (κ3) is 4.08. The fourth-order valence-corrected chi connectivity index (χ4v) is 2.72. The molecule has 1 aromatic carbocycles. The molecular formula is C15H18N2O2S. The molecule has 0 aliphatic carbocycles. The zero-order chi connectivity index (χ0) is 14.4. The van der Waals surface area contributed by atoms with Crippen LogP contribution in [0, 0.1) is 0 Å². The van der Waals surface area contributed by atoms with E-state index in [4.69, 9.17) is 10.5 Å². The zero-order valence-corrected chi connectivity index (χ0v) is 12.2. The number of carbonyl (C=O) groups excluding carboxylic acids is 1. The van der Waals surface area contributed by atoms with Crippen molar-refractivity contribution in [3.63, 3.8) is 0 Å². The fourth-order valence-electron chi connectivity index (χ4n) is 1.87. The number of hydrogen-bond donors (Lipinski definition) is 2. The Bertz CT molecular complexity index is 581. The quantitative estimate of drug-likeness (QED) is 0.768. The molecular weight excluding hydrogens is 272 g/mol. The summed E-state index contributed by atoms with van der Waals surface area (Å²) >= 11 is 1.55. The second kappa shape index (κ2) is 7.07. The minimum absolute atomic E-state index is 0.371. The molecule has 0 saturated carbocycles. The van der Waals surface area contributed by atoms with Crippen LogP contribution >= 0.6 is 11.3 Å². The number of nitrogens with two attached hydrogens (primary N) is 1. The van der Waals surface area contributed by atoms with E-state index >= 15 is 0 Å². The van der Waals surface area contributed by atoms with Crippen molar-refractivity contribution >= 4 is 17.2 Å². The van der Waals surface area contributed by atoms with Gasteiger partial charge in [-0.2, -0.15) is 0 Å². The lowest BCUT2D eigenvalue weighted by atomic mass is 10.1. The van der Waals surface area contributed by atoms with Gasteiger partial charge in [0.1, 0.15) is 5.75 Å². The lowest BCUT2D eigenvalue weighted by Gasteiger charge is -2.05. The van der Waals surface area contributed by atoms with Crippen LogP contribution in [0.25, 0.3) is 0 Å². The maximum Gasteiger partial charge on any atom is 0.249 e. The standard InChI is InChI=1S/C15H18N2O2S/c1-19-13-4-2-3-11(7-13)5-6-17-9-14-8-12(10-20-14)15(16)18/h2-4,7-8,10,17H,5-6,9H2,1H3,(H2,16,18). The van der Waals surface area contributed by atoms with Gasteiger partial charge in [-0.25, -0.2) is 0 Å². The van der Waals surface area contributed by atoms with Crippen LogP contribution in [0.15, 0.2) is 35.7 Å². The Morgan fingerprint density at radius 1 is 1.40 bits per heavy atom. The maximum absolute atomic E-state index is 11.0. The molecule has 0 atom stereocenters. The van der Waals surface area contributed by atoms with Gasteiger partial charge in [0.05, 0.1) is 12.7 Å². The van der Waals surface area contributed by atoms with E-state index in [2.05, 4.69) is 11.4 Å². The Balaban J connectivity index is 1.76. The number of hydrogen-bond acceptors (Lipinski definition) is 4. The highest BCUT2D eigenvalue weighted by molar-refractivity contribution is 7.10. The van der Waals surface area contributed by atoms with Crippen LogP contribution in [0.3, 0.4) is 0 Å². The highest BCUT2D eigenvalue weighted by atomic mass is 32.1. The van der Waals surface area contributed by atoms with Gasteiger partial charge < -0.3 is 15.8 Å². The van der Waals surface area contributed by atoms with Crippen LogP contribution < -0.4 is 15.8 Å². The van der Waals surface area contributed by atoms with E-state index in [1.165, 1.54) is 5.56 Å². The van der Waals surface area contributed by atoms with Crippen molar-refractivity contribution in [3.8, 4) is 5.75 Å². The largest absolute Gasteiger partial charge is 0.497 e. The molecule has 0 saturated heterocycles. The Morgan fingerprint density at radius 3 is 2.95 bits per heavy atom. The van der Waals surface area contributed by atoms with Crippen molar-refractivity contribution < 1.29 is 9.53 Å². The molecule has 4 nitrogen and oxygen atoms in total. The monoisotopic (exact) mass is 290 g/mol. The molecule has 0 fully saturated rings. The molecule has 0 unspecified atom stereocenters. The predicted molar refractivity (Wildman–Crippen MR) is 81.2 cm³/mol. The number of thiophene rings is 1. The molecule has 3 N–H and O–H groups in total. The van der Waals surface area contributed by atoms with Crippen molar-refractivity contribution in [2.75, 3.05) is 13.7 Å². The Morgan fingerprint density at radius 2 is 2.25 bits per heavy atom. The Hall–Kier alpha value is -1.85. The zero-order valence-electron chi connectivity index (χ0n) is 11.4. The highest BCUT2D eigenvalue weighted by Gasteiger charge is 2.04. The minimum Gasteiger partial charge on any atom is -0.497 e. The summed E-state index contributed by atoms with van der Waals surface area (Å²) in [7, 11) is 1.67. The van der Waals surface area contributed by atoms with Crippen LogP contribution in [0.2, 0.25) is 0 Å². The average Bonchev–Trinajstić information content (AvgIpc) is 2.93. The van der Waals surface area contributed by atoms with Crippen LogP contribution in [-0.2, 0) is 13.0 Å². The van der Waals surface area contributed by atoms with Crippen LogP contribution in [0.5, 0.6) is 5.75 Å². The molecule has 1 amide bonds. The molecule has 5 heteroatoms. The molecule has 0 aliphatic heterocycles. The minimum atomic E-state index is -0.371.